The number of nitrogens with two attached hydrogens (primary N) is 1. The van der Waals surface area contributed by atoms with Crippen LogP contribution in [0.3, 0.4) is 0 Å². The summed E-state index contributed by atoms with van der Waals surface area (Å²) < 4.78 is 0. The number of hydrogen-bond acceptors (Lipinski definition) is 2. The molecule has 1 aromatic rings. The molecule has 0 aliphatic rings. The first-order valence-corrected chi connectivity index (χ1v) is 5.99. The fraction of sp³-hybridized carbons (Fsp3) is 0.500. The highest BCUT2D eigenvalue weighted by atomic mass is 16.2. The van der Waals surface area contributed by atoms with Gasteiger partial charge in [0.1, 0.15) is 0 Å². The number of rotatable bonds is 4. The molecule has 0 spiro atoms. The highest BCUT2D eigenvalue weighted by Crippen LogP contribution is 2.25. The van der Waals surface area contributed by atoms with E-state index in [1.807, 2.05) is 52.1 Å². The van der Waals surface area contributed by atoms with Crippen molar-refractivity contribution >= 4 is 11.6 Å². The fourth-order valence-electron chi connectivity index (χ4n) is 1.58. The second-order valence-corrected chi connectivity index (χ2v) is 4.97. The Morgan fingerprint density at radius 1 is 1.29 bits per heavy atom. The quantitative estimate of drug-likeness (QED) is 0.870. The molecule has 0 aromatic heterocycles. The maximum Gasteiger partial charge on any atom is 0.232 e. The summed E-state index contributed by atoms with van der Waals surface area (Å²) in [7, 11) is 1.82. The third-order valence-corrected chi connectivity index (χ3v) is 3.33. The molecular formula is C14H22N2O. The molecule has 0 aliphatic carbocycles. The molecule has 2 N–H and O–H groups in total. The second-order valence-electron chi connectivity index (χ2n) is 4.97. The van der Waals surface area contributed by atoms with Crippen LogP contribution in [0.25, 0.3) is 0 Å². The molecule has 3 nitrogen and oxygen atoms in total. The van der Waals surface area contributed by atoms with E-state index < -0.39 is 0 Å². The Bertz CT molecular complexity index is 382. The highest BCUT2D eigenvalue weighted by Gasteiger charge is 2.28. The van der Waals surface area contributed by atoms with Gasteiger partial charge in [0.25, 0.3) is 0 Å². The Labute approximate surface area is 104 Å². The second kappa shape index (κ2) is 5.32. The molecular weight excluding hydrogens is 212 g/mol. The normalized spacial score (nSPS) is 11.4. The molecule has 3 heteroatoms. The standard InChI is InChI=1S/C14H22N2O/c1-5-14(2,3)13(17)16(4)12-8-6-11(10-15)7-9-12/h6-9H,5,10,15H2,1-4H3. The van der Waals surface area contributed by atoms with Crippen LogP contribution in [0.2, 0.25) is 0 Å². The van der Waals surface area contributed by atoms with Crippen LogP contribution in [-0.2, 0) is 11.3 Å². The predicted molar refractivity (Wildman–Crippen MR) is 71.8 cm³/mol. The van der Waals surface area contributed by atoms with Crippen molar-refractivity contribution in [2.75, 3.05) is 11.9 Å². The van der Waals surface area contributed by atoms with Crippen molar-refractivity contribution < 1.29 is 4.79 Å². The maximum absolute atomic E-state index is 12.3. The first kappa shape index (κ1) is 13.7. The van der Waals surface area contributed by atoms with E-state index in [2.05, 4.69) is 0 Å². The summed E-state index contributed by atoms with van der Waals surface area (Å²) in [5.41, 5.74) is 7.21. The Morgan fingerprint density at radius 3 is 2.24 bits per heavy atom. The van der Waals surface area contributed by atoms with Crippen molar-refractivity contribution in [1.29, 1.82) is 0 Å². The third-order valence-electron chi connectivity index (χ3n) is 3.33. The Hall–Kier alpha value is -1.35. The van der Waals surface area contributed by atoms with Crippen molar-refractivity contribution in [3.05, 3.63) is 29.8 Å². The number of hydrogen-bond donors (Lipinski definition) is 1. The summed E-state index contributed by atoms with van der Waals surface area (Å²) in [6, 6.07) is 7.79. The lowest BCUT2D eigenvalue weighted by Crippen LogP contribution is -2.38. The molecule has 94 valence electrons. The summed E-state index contributed by atoms with van der Waals surface area (Å²) in [5.74, 6) is 0.139. The average Bonchev–Trinajstić information content (AvgIpc) is 2.37. The molecule has 0 saturated heterocycles. The van der Waals surface area contributed by atoms with Gasteiger partial charge in [-0.2, -0.15) is 0 Å². The van der Waals surface area contributed by atoms with E-state index in [1.54, 1.807) is 4.90 Å². The van der Waals surface area contributed by atoms with Crippen LogP contribution in [-0.4, -0.2) is 13.0 Å². The van der Waals surface area contributed by atoms with Gasteiger partial charge in [-0.1, -0.05) is 32.9 Å². The van der Waals surface area contributed by atoms with E-state index >= 15 is 0 Å². The van der Waals surface area contributed by atoms with E-state index in [1.165, 1.54) is 0 Å². The summed E-state index contributed by atoms with van der Waals surface area (Å²) >= 11 is 0. The topological polar surface area (TPSA) is 46.3 Å². The lowest BCUT2D eigenvalue weighted by atomic mass is 9.88. The smallest absolute Gasteiger partial charge is 0.232 e. The zero-order chi connectivity index (χ0) is 13.1. The van der Waals surface area contributed by atoms with E-state index in [-0.39, 0.29) is 11.3 Å². The molecule has 0 aliphatic heterocycles. The van der Waals surface area contributed by atoms with E-state index in [0.717, 1.165) is 17.7 Å². The van der Waals surface area contributed by atoms with Gasteiger partial charge in [-0.05, 0) is 24.1 Å². The minimum atomic E-state index is -0.318. The van der Waals surface area contributed by atoms with Crippen LogP contribution in [0, 0.1) is 5.41 Å². The van der Waals surface area contributed by atoms with Gasteiger partial charge in [-0.25, -0.2) is 0 Å². The van der Waals surface area contributed by atoms with E-state index in [9.17, 15) is 4.79 Å². The molecule has 0 saturated carbocycles. The first-order valence-electron chi connectivity index (χ1n) is 5.99. The number of benzene rings is 1. The van der Waals surface area contributed by atoms with Gasteiger partial charge in [-0.3, -0.25) is 4.79 Å². The molecule has 1 rings (SSSR count). The summed E-state index contributed by atoms with van der Waals surface area (Å²) in [6.07, 6.45) is 0.830. The molecule has 0 heterocycles. The number of carbonyl (C=O) groups is 1. The summed E-state index contributed by atoms with van der Waals surface area (Å²) in [4.78, 5) is 14.0. The van der Waals surface area contributed by atoms with Crippen LogP contribution in [0.15, 0.2) is 24.3 Å². The number of carbonyl (C=O) groups excluding carboxylic acids is 1. The van der Waals surface area contributed by atoms with E-state index in [4.69, 9.17) is 5.73 Å². The Morgan fingerprint density at radius 2 is 1.82 bits per heavy atom. The molecule has 0 atom stereocenters. The molecule has 0 fully saturated rings. The van der Waals surface area contributed by atoms with Gasteiger partial charge < -0.3 is 10.6 Å². The van der Waals surface area contributed by atoms with Crippen molar-refractivity contribution in [3.63, 3.8) is 0 Å². The maximum atomic E-state index is 12.3. The summed E-state index contributed by atoms with van der Waals surface area (Å²) in [5, 5.41) is 0. The Balaban J connectivity index is 2.88. The molecule has 0 unspecified atom stereocenters. The minimum Gasteiger partial charge on any atom is -0.326 e. The lowest BCUT2D eigenvalue weighted by Gasteiger charge is -2.28. The van der Waals surface area contributed by atoms with Crippen molar-refractivity contribution in [2.45, 2.75) is 33.7 Å². The van der Waals surface area contributed by atoms with Gasteiger partial charge >= 0.3 is 0 Å². The van der Waals surface area contributed by atoms with E-state index in [0.29, 0.717) is 6.54 Å². The number of anilines is 1. The van der Waals surface area contributed by atoms with Crippen LogP contribution < -0.4 is 10.6 Å². The molecule has 17 heavy (non-hydrogen) atoms. The van der Waals surface area contributed by atoms with Crippen molar-refractivity contribution in [2.24, 2.45) is 11.1 Å². The fourth-order valence-corrected chi connectivity index (χ4v) is 1.58. The van der Waals surface area contributed by atoms with Gasteiger partial charge in [0.05, 0.1) is 0 Å². The zero-order valence-corrected chi connectivity index (χ0v) is 11.2. The molecule has 0 bridgehead atoms. The monoisotopic (exact) mass is 234 g/mol. The van der Waals surface area contributed by atoms with Crippen molar-refractivity contribution in [1.82, 2.24) is 0 Å². The lowest BCUT2D eigenvalue weighted by molar-refractivity contribution is -0.126. The third kappa shape index (κ3) is 3.07. The number of amides is 1. The van der Waals surface area contributed by atoms with Gasteiger partial charge in [0.2, 0.25) is 5.91 Å². The van der Waals surface area contributed by atoms with Gasteiger partial charge in [0, 0.05) is 24.7 Å². The predicted octanol–water partition coefficient (Wildman–Crippen LogP) is 2.54. The summed E-state index contributed by atoms with van der Waals surface area (Å²) in [6.45, 7) is 6.50. The average molecular weight is 234 g/mol. The van der Waals surface area contributed by atoms with Gasteiger partial charge in [-0.15, -0.1) is 0 Å². The number of nitrogens with zero attached hydrogens (tertiary/aromatic N) is 1. The van der Waals surface area contributed by atoms with Crippen LogP contribution in [0.5, 0.6) is 0 Å². The molecule has 1 aromatic carbocycles. The van der Waals surface area contributed by atoms with Crippen LogP contribution in [0.1, 0.15) is 32.8 Å². The van der Waals surface area contributed by atoms with Crippen molar-refractivity contribution in [3.8, 4) is 0 Å². The largest absolute Gasteiger partial charge is 0.326 e. The molecule has 0 radical (unpaired) electrons. The zero-order valence-electron chi connectivity index (χ0n) is 11.2. The SMILES string of the molecule is CCC(C)(C)C(=O)N(C)c1ccc(CN)cc1. The first-order chi connectivity index (χ1) is 7.92. The minimum absolute atomic E-state index is 0.139. The highest BCUT2D eigenvalue weighted by molar-refractivity contribution is 5.96. The molecule has 1 amide bonds. The van der Waals surface area contributed by atoms with Gasteiger partial charge in [0.15, 0.2) is 0 Å². The Kier molecular flexibility index (Phi) is 4.29. The van der Waals surface area contributed by atoms with Crippen LogP contribution in [0.4, 0.5) is 5.69 Å². The van der Waals surface area contributed by atoms with Crippen LogP contribution >= 0.6 is 0 Å².